The normalized spacial score (nSPS) is 11.4. The number of aromatic amines is 1. The summed E-state index contributed by atoms with van der Waals surface area (Å²) >= 11 is 1.73. The van der Waals surface area contributed by atoms with Crippen LogP contribution in [0.2, 0.25) is 0 Å². The van der Waals surface area contributed by atoms with E-state index in [2.05, 4.69) is 21.0 Å². The molecule has 0 aliphatic heterocycles. The van der Waals surface area contributed by atoms with Crippen molar-refractivity contribution in [2.24, 2.45) is 0 Å². The van der Waals surface area contributed by atoms with E-state index in [1.165, 1.54) is 4.70 Å². The maximum atomic E-state index is 4.64. The van der Waals surface area contributed by atoms with Crippen molar-refractivity contribution in [1.29, 1.82) is 0 Å². The first kappa shape index (κ1) is 10.7. The fourth-order valence-electron chi connectivity index (χ4n) is 2.23. The molecule has 0 bridgehead atoms. The van der Waals surface area contributed by atoms with Crippen LogP contribution in [0.5, 0.6) is 0 Å². The van der Waals surface area contributed by atoms with E-state index in [9.17, 15) is 0 Å². The molecule has 2 aromatic heterocycles. The molecular formula is C15H11N3S. The van der Waals surface area contributed by atoms with E-state index in [-0.39, 0.29) is 0 Å². The van der Waals surface area contributed by atoms with E-state index >= 15 is 0 Å². The molecule has 2 aromatic carbocycles. The quantitative estimate of drug-likeness (QED) is 0.599. The van der Waals surface area contributed by atoms with Crippen molar-refractivity contribution in [1.82, 2.24) is 15.0 Å². The Balaban J connectivity index is 1.73. The van der Waals surface area contributed by atoms with Crippen LogP contribution >= 0.6 is 11.3 Å². The molecule has 0 amide bonds. The molecular weight excluding hydrogens is 254 g/mol. The van der Waals surface area contributed by atoms with Crippen molar-refractivity contribution in [3.63, 3.8) is 0 Å². The largest absolute Gasteiger partial charge is 0.342 e. The third-order valence-electron chi connectivity index (χ3n) is 3.10. The van der Waals surface area contributed by atoms with Crippen molar-refractivity contribution >= 4 is 32.6 Å². The van der Waals surface area contributed by atoms with E-state index in [0.29, 0.717) is 0 Å². The predicted molar refractivity (Wildman–Crippen MR) is 78.5 cm³/mol. The summed E-state index contributed by atoms with van der Waals surface area (Å²) in [5.41, 5.74) is 3.16. The lowest BCUT2D eigenvalue weighted by Crippen LogP contribution is -1.88. The maximum absolute atomic E-state index is 4.64. The molecule has 4 heteroatoms. The van der Waals surface area contributed by atoms with Gasteiger partial charge in [-0.05, 0) is 24.3 Å². The van der Waals surface area contributed by atoms with Gasteiger partial charge >= 0.3 is 0 Å². The number of nitrogens with zero attached hydrogens (tertiary/aromatic N) is 2. The zero-order valence-electron chi connectivity index (χ0n) is 10.1. The van der Waals surface area contributed by atoms with Gasteiger partial charge in [-0.15, -0.1) is 11.3 Å². The Morgan fingerprint density at radius 1 is 0.895 bits per heavy atom. The summed E-state index contributed by atoms with van der Waals surface area (Å²) in [5, 5.41) is 1.10. The van der Waals surface area contributed by atoms with Gasteiger partial charge in [-0.25, -0.2) is 9.97 Å². The maximum Gasteiger partial charge on any atom is 0.114 e. The molecule has 0 aliphatic carbocycles. The highest BCUT2D eigenvalue weighted by atomic mass is 32.1. The van der Waals surface area contributed by atoms with Crippen LogP contribution in [0.1, 0.15) is 10.8 Å². The Kier molecular flexibility index (Phi) is 2.35. The fourth-order valence-corrected chi connectivity index (χ4v) is 3.20. The number of aromatic nitrogens is 3. The lowest BCUT2D eigenvalue weighted by atomic mass is 10.3. The Morgan fingerprint density at radius 2 is 1.68 bits per heavy atom. The standard InChI is InChI=1S/C15H11N3S/c1-2-6-11-10(5-1)16-14(17-11)9-15-18-12-7-3-4-8-13(12)19-15/h1-8H,9H2,(H,16,17). The predicted octanol–water partition coefficient (Wildman–Crippen LogP) is 3.76. The molecule has 2 heterocycles. The Labute approximate surface area is 114 Å². The van der Waals surface area contributed by atoms with Gasteiger partial charge in [-0.2, -0.15) is 0 Å². The molecule has 0 spiro atoms. The van der Waals surface area contributed by atoms with Crippen molar-refractivity contribution in [2.45, 2.75) is 6.42 Å². The minimum Gasteiger partial charge on any atom is -0.342 e. The van der Waals surface area contributed by atoms with E-state index in [4.69, 9.17) is 0 Å². The third-order valence-corrected chi connectivity index (χ3v) is 4.13. The molecule has 4 rings (SSSR count). The lowest BCUT2D eigenvalue weighted by molar-refractivity contribution is 1.03. The van der Waals surface area contributed by atoms with Crippen LogP contribution in [0.3, 0.4) is 0 Å². The van der Waals surface area contributed by atoms with E-state index in [1.54, 1.807) is 11.3 Å². The van der Waals surface area contributed by atoms with Crippen molar-refractivity contribution in [3.8, 4) is 0 Å². The van der Waals surface area contributed by atoms with E-state index in [0.717, 1.165) is 33.8 Å². The summed E-state index contributed by atoms with van der Waals surface area (Å²) in [6.45, 7) is 0. The highest BCUT2D eigenvalue weighted by Crippen LogP contribution is 2.23. The first-order valence-corrected chi connectivity index (χ1v) is 6.98. The van der Waals surface area contributed by atoms with Gasteiger partial charge in [-0.1, -0.05) is 24.3 Å². The van der Waals surface area contributed by atoms with Gasteiger partial charge in [0.05, 0.1) is 27.7 Å². The molecule has 0 atom stereocenters. The van der Waals surface area contributed by atoms with Crippen LogP contribution in [0.15, 0.2) is 48.5 Å². The number of fused-ring (bicyclic) bond motifs is 2. The van der Waals surface area contributed by atoms with Gasteiger partial charge < -0.3 is 4.98 Å². The second kappa shape index (κ2) is 4.17. The summed E-state index contributed by atoms with van der Waals surface area (Å²) in [5.74, 6) is 0.972. The number of nitrogens with one attached hydrogen (secondary N) is 1. The van der Waals surface area contributed by atoms with Gasteiger partial charge in [0.2, 0.25) is 0 Å². The summed E-state index contributed by atoms with van der Waals surface area (Å²) < 4.78 is 1.23. The highest BCUT2D eigenvalue weighted by molar-refractivity contribution is 7.18. The molecule has 1 N–H and O–H groups in total. The van der Waals surface area contributed by atoms with Gasteiger partial charge in [0.25, 0.3) is 0 Å². The molecule has 4 aromatic rings. The summed E-state index contributed by atoms with van der Waals surface area (Å²) in [6.07, 6.45) is 0.758. The molecule has 0 aliphatic rings. The smallest absolute Gasteiger partial charge is 0.114 e. The molecule has 0 fully saturated rings. The van der Waals surface area contributed by atoms with Gasteiger partial charge in [0, 0.05) is 0 Å². The first-order chi connectivity index (χ1) is 9.38. The highest BCUT2D eigenvalue weighted by Gasteiger charge is 2.07. The minimum atomic E-state index is 0.758. The van der Waals surface area contributed by atoms with Gasteiger partial charge in [0.15, 0.2) is 0 Å². The summed E-state index contributed by atoms with van der Waals surface area (Å²) in [6, 6.07) is 16.3. The molecule has 19 heavy (non-hydrogen) atoms. The van der Waals surface area contributed by atoms with E-state index in [1.807, 2.05) is 42.5 Å². The van der Waals surface area contributed by atoms with Crippen LogP contribution in [0.25, 0.3) is 21.3 Å². The van der Waals surface area contributed by atoms with E-state index < -0.39 is 0 Å². The van der Waals surface area contributed by atoms with Gasteiger partial charge in [-0.3, -0.25) is 0 Å². The summed E-state index contributed by atoms with van der Waals surface area (Å²) in [7, 11) is 0. The van der Waals surface area contributed by atoms with Crippen LogP contribution in [0.4, 0.5) is 0 Å². The zero-order chi connectivity index (χ0) is 12.7. The second-order valence-electron chi connectivity index (χ2n) is 4.45. The number of benzene rings is 2. The average molecular weight is 265 g/mol. The van der Waals surface area contributed by atoms with Crippen LogP contribution in [-0.2, 0) is 6.42 Å². The molecule has 0 saturated heterocycles. The monoisotopic (exact) mass is 265 g/mol. The third kappa shape index (κ3) is 1.90. The van der Waals surface area contributed by atoms with Crippen molar-refractivity contribution in [3.05, 3.63) is 59.4 Å². The minimum absolute atomic E-state index is 0.758. The SMILES string of the molecule is c1ccc2[nH]c(Cc3nc4ccccc4s3)nc2c1. The number of hydrogen-bond donors (Lipinski definition) is 1. The number of thiazole rings is 1. The zero-order valence-corrected chi connectivity index (χ0v) is 10.9. The Bertz CT molecular complexity index is 722. The fraction of sp³-hybridized carbons (Fsp3) is 0.0667. The molecule has 0 unspecified atom stereocenters. The molecule has 3 nitrogen and oxygen atoms in total. The molecule has 0 saturated carbocycles. The van der Waals surface area contributed by atoms with Crippen molar-refractivity contribution < 1.29 is 0 Å². The number of hydrogen-bond acceptors (Lipinski definition) is 3. The first-order valence-electron chi connectivity index (χ1n) is 6.16. The van der Waals surface area contributed by atoms with Crippen LogP contribution in [0, 0.1) is 0 Å². The second-order valence-corrected chi connectivity index (χ2v) is 5.57. The number of para-hydroxylation sites is 3. The van der Waals surface area contributed by atoms with Crippen LogP contribution < -0.4 is 0 Å². The average Bonchev–Trinajstić information content (AvgIpc) is 3.00. The molecule has 0 radical (unpaired) electrons. The Hall–Kier alpha value is -2.20. The number of imidazole rings is 1. The Morgan fingerprint density at radius 3 is 2.53 bits per heavy atom. The van der Waals surface area contributed by atoms with Crippen molar-refractivity contribution in [2.75, 3.05) is 0 Å². The number of H-pyrrole nitrogens is 1. The van der Waals surface area contributed by atoms with Crippen LogP contribution in [-0.4, -0.2) is 15.0 Å². The topological polar surface area (TPSA) is 41.6 Å². The number of rotatable bonds is 2. The molecule has 92 valence electrons. The summed E-state index contributed by atoms with van der Waals surface area (Å²) in [4.78, 5) is 12.6. The lowest BCUT2D eigenvalue weighted by Gasteiger charge is -1.89. The van der Waals surface area contributed by atoms with Gasteiger partial charge in [0.1, 0.15) is 10.8 Å².